The Labute approximate surface area is 107 Å². The molecule has 0 saturated carbocycles. The molecule has 1 unspecified atom stereocenters. The summed E-state index contributed by atoms with van der Waals surface area (Å²) in [7, 11) is 0. The Morgan fingerprint density at radius 2 is 2.29 bits per heavy atom. The van der Waals surface area contributed by atoms with Gasteiger partial charge in [0.2, 0.25) is 0 Å². The number of nitrogens with one attached hydrogen (secondary N) is 2. The molecular weight excluding hydrogens is 236 g/mol. The molecule has 1 atom stereocenters. The summed E-state index contributed by atoms with van der Waals surface area (Å²) in [5.41, 5.74) is 1.47. The summed E-state index contributed by atoms with van der Waals surface area (Å²) in [4.78, 5) is 12.2. The molecule has 0 radical (unpaired) electrons. The number of carbonyl (C=O) groups is 1. The average Bonchev–Trinajstić information content (AvgIpc) is 2.64. The lowest BCUT2D eigenvalue weighted by atomic mass is 10.00. The second-order valence-corrected chi connectivity index (χ2v) is 5.34. The van der Waals surface area contributed by atoms with E-state index < -0.39 is 0 Å². The summed E-state index contributed by atoms with van der Waals surface area (Å²) in [6.45, 7) is 5.74. The fourth-order valence-corrected chi connectivity index (χ4v) is 2.37. The van der Waals surface area contributed by atoms with E-state index in [-0.39, 0.29) is 11.4 Å². The predicted molar refractivity (Wildman–Crippen MR) is 69.5 cm³/mol. The number of hydrogen-bond acceptors (Lipinski definition) is 2. The standard InChI is InChI=1S/C13H17ClN2O/c1-9-7-10(14)3-4-11(9)12(17)16-13(2)5-6-15-8-13/h3-4,7,15H,5-6,8H2,1-2H3,(H,16,17). The summed E-state index contributed by atoms with van der Waals surface area (Å²) < 4.78 is 0. The van der Waals surface area contributed by atoms with E-state index in [1.807, 2.05) is 13.0 Å². The van der Waals surface area contributed by atoms with Crippen LogP contribution in [-0.4, -0.2) is 24.5 Å². The maximum Gasteiger partial charge on any atom is 0.252 e. The molecule has 2 N–H and O–H groups in total. The molecule has 0 spiro atoms. The molecule has 1 aliphatic heterocycles. The van der Waals surface area contributed by atoms with Crippen molar-refractivity contribution in [3.05, 3.63) is 34.3 Å². The van der Waals surface area contributed by atoms with Crippen LogP contribution in [0.1, 0.15) is 29.3 Å². The number of carbonyl (C=O) groups excluding carboxylic acids is 1. The molecule has 1 aromatic rings. The van der Waals surface area contributed by atoms with Crippen molar-refractivity contribution in [3.63, 3.8) is 0 Å². The molecule has 0 bridgehead atoms. The zero-order chi connectivity index (χ0) is 12.5. The first-order valence-corrected chi connectivity index (χ1v) is 6.17. The molecule has 1 aromatic carbocycles. The monoisotopic (exact) mass is 252 g/mol. The minimum atomic E-state index is -0.136. The molecular formula is C13H17ClN2O. The van der Waals surface area contributed by atoms with E-state index in [2.05, 4.69) is 17.6 Å². The maximum absolute atomic E-state index is 12.2. The highest BCUT2D eigenvalue weighted by Gasteiger charge is 2.30. The van der Waals surface area contributed by atoms with Crippen LogP contribution in [0.3, 0.4) is 0 Å². The number of hydrogen-bond donors (Lipinski definition) is 2. The zero-order valence-electron chi connectivity index (χ0n) is 10.1. The molecule has 0 aromatic heterocycles. The topological polar surface area (TPSA) is 41.1 Å². The molecule has 1 heterocycles. The minimum Gasteiger partial charge on any atom is -0.346 e. The SMILES string of the molecule is Cc1cc(Cl)ccc1C(=O)NC1(C)CCNC1. The first-order chi connectivity index (χ1) is 8.00. The molecule has 17 heavy (non-hydrogen) atoms. The van der Waals surface area contributed by atoms with Crippen LogP contribution in [0, 0.1) is 6.92 Å². The first-order valence-electron chi connectivity index (χ1n) is 5.80. The van der Waals surface area contributed by atoms with Gasteiger partial charge in [-0.25, -0.2) is 0 Å². The predicted octanol–water partition coefficient (Wildman–Crippen LogP) is 2.13. The number of aryl methyl sites for hydroxylation is 1. The van der Waals surface area contributed by atoms with Crippen molar-refractivity contribution >= 4 is 17.5 Å². The minimum absolute atomic E-state index is 0.0228. The number of rotatable bonds is 2. The van der Waals surface area contributed by atoms with Crippen LogP contribution in [0.25, 0.3) is 0 Å². The van der Waals surface area contributed by atoms with Gasteiger partial charge in [-0.3, -0.25) is 4.79 Å². The molecule has 1 aliphatic rings. The van der Waals surface area contributed by atoms with Crippen LogP contribution < -0.4 is 10.6 Å². The molecule has 92 valence electrons. The largest absolute Gasteiger partial charge is 0.346 e. The van der Waals surface area contributed by atoms with E-state index in [1.165, 1.54) is 0 Å². The Hall–Kier alpha value is -1.06. The van der Waals surface area contributed by atoms with Crippen molar-refractivity contribution in [1.82, 2.24) is 10.6 Å². The fourth-order valence-electron chi connectivity index (χ4n) is 2.15. The molecule has 1 amide bonds. The maximum atomic E-state index is 12.2. The van der Waals surface area contributed by atoms with Crippen molar-refractivity contribution < 1.29 is 4.79 Å². The van der Waals surface area contributed by atoms with Crippen molar-refractivity contribution in [2.75, 3.05) is 13.1 Å². The third-order valence-corrected chi connectivity index (χ3v) is 3.45. The van der Waals surface area contributed by atoms with E-state index in [9.17, 15) is 4.79 Å². The Morgan fingerprint density at radius 1 is 1.53 bits per heavy atom. The van der Waals surface area contributed by atoms with Gasteiger partial charge in [-0.2, -0.15) is 0 Å². The van der Waals surface area contributed by atoms with Crippen molar-refractivity contribution in [1.29, 1.82) is 0 Å². The fraction of sp³-hybridized carbons (Fsp3) is 0.462. The van der Waals surface area contributed by atoms with Gasteiger partial charge in [-0.1, -0.05) is 11.6 Å². The van der Waals surface area contributed by atoms with Gasteiger partial charge in [0.1, 0.15) is 0 Å². The van der Waals surface area contributed by atoms with Crippen LogP contribution in [0.2, 0.25) is 5.02 Å². The Kier molecular flexibility index (Phi) is 3.40. The molecule has 2 rings (SSSR count). The third kappa shape index (κ3) is 2.79. The van der Waals surface area contributed by atoms with Gasteiger partial charge in [0.15, 0.2) is 0 Å². The summed E-state index contributed by atoms with van der Waals surface area (Å²) in [6.07, 6.45) is 0.964. The molecule has 4 heteroatoms. The van der Waals surface area contributed by atoms with Crippen LogP contribution in [0.15, 0.2) is 18.2 Å². The molecule has 1 fully saturated rings. The van der Waals surface area contributed by atoms with Gasteiger partial charge in [0.25, 0.3) is 5.91 Å². The van der Waals surface area contributed by atoms with Crippen molar-refractivity contribution in [3.8, 4) is 0 Å². The van der Waals surface area contributed by atoms with Crippen molar-refractivity contribution in [2.24, 2.45) is 0 Å². The van der Waals surface area contributed by atoms with Crippen LogP contribution in [0.4, 0.5) is 0 Å². The summed E-state index contributed by atoms with van der Waals surface area (Å²) in [6, 6.07) is 5.34. The van der Waals surface area contributed by atoms with Crippen LogP contribution >= 0.6 is 11.6 Å². The Balaban J connectivity index is 2.14. The zero-order valence-corrected chi connectivity index (χ0v) is 10.9. The van der Waals surface area contributed by atoms with E-state index >= 15 is 0 Å². The molecule has 0 aliphatic carbocycles. The number of amides is 1. The van der Waals surface area contributed by atoms with Gasteiger partial charge in [0.05, 0.1) is 5.54 Å². The smallest absolute Gasteiger partial charge is 0.252 e. The highest BCUT2D eigenvalue weighted by Crippen LogP contribution is 2.18. The summed E-state index contributed by atoms with van der Waals surface area (Å²) >= 11 is 5.88. The molecule has 3 nitrogen and oxygen atoms in total. The highest BCUT2D eigenvalue weighted by molar-refractivity contribution is 6.30. The van der Waals surface area contributed by atoms with Gasteiger partial charge in [-0.15, -0.1) is 0 Å². The lowest BCUT2D eigenvalue weighted by molar-refractivity contribution is 0.0912. The van der Waals surface area contributed by atoms with E-state index in [4.69, 9.17) is 11.6 Å². The number of halogens is 1. The molecule has 1 saturated heterocycles. The highest BCUT2D eigenvalue weighted by atomic mass is 35.5. The lowest BCUT2D eigenvalue weighted by Crippen LogP contribution is -2.47. The second kappa shape index (κ2) is 4.67. The summed E-state index contributed by atoms with van der Waals surface area (Å²) in [5, 5.41) is 7.00. The van der Waals surface area contributed by atoms with Gasteiger partial charge in [-0.05, 0) is 50.6 Å². The van der Waals surface area contributed by atoms with E-state index in [0.29, 0.717) is 10.6 Å². The van der Waals surface area contributed by atoms with Crippen LogP contribution in [-0.2, 0) is 0 Å². The van der Waals surface area contributed by atoms with Gasteiger partial charge < -0.3 is 10.6 Å². The van der Waals surface area contributed by atoms with E-state index in [0.717, 1.165) is 25.1 Å². The first kappa shape index (κ1) is 12.4. The normalized spacial score (nSPS) is 23.7. The number of benzene rings is 1. The Bertz CT molecular complexity index is 439. The Morgan fingerprint density at radius 3 is 2.88 bits per heavy atom. The van der Waals surface area contributed by atoms with Crippen LogP contribution in [0.5, 0.6) is 0 Å². The van der Waals surface area contributed by atoms with Crippen molar-refractivity contribution in [2.45, 2.75) is 25.8 Å². The van der Waals surface area contributed by atoms with Gasteiger partial charge >= 0.3 is 0 Å². The van der Waals surface area contributed by atoms with Gasteiger partial charge in [0, 0.05) is 17.1 Å². The quantitative estimate of drug-likeness (QED) is 0.847. The third-order valence-electron chi connectivity index (χ3n) is 3.22. The second-order valence-electron chi connectivity index (χ2n) is 4.90. The van der Waals surface area contributed by atoms with E-state index in [1.54, 1.807) is 12.1 Å². The average molecular weight is 253 g/mol. The lowest BCUT2D eigenvalue weighted by Gasteiger charge is -2.24. The summed E-state index contributed by atoms with van der Waals surface area (Å²) in [5.74, 6) is -0.0228.